The molecule has 2 N–H and O–H groups in total. The van der Waals surface area contributed by atoms with Gasteiger partial charge in [-0.3, -0.25) is 5.84 Å². The average Bonchev–Trinajstić information content (AvgIpc) is 1.88. The van der Waals surface area contributed by atoms with Gasteiger partial charge in [-0.25, -0.2) is 5.01 Å². The van der Waals surface area contributed by atoms with Crippen LogP contribution in [0.2, 0.25) is 0 Å². The minimum absolute atomic E-state index is 0. The number of hydrogen-bond donors (Lipinski definition) is 1. The molecule has 4 heteroatoms. The average molecular weight is 254 g/mol. The van der Waals surface area contributed by atoms with E-state index in [1.807, 2.05) is 25.2 Å². The zero-order valence-electron chi connectivity index (χ0n) is 6.93. The fourth-order valence-corrected chi connectivity index (χ4v) is 0.871. The first-order valence-corrected chi connectivity index (χ1v) is 3.29. The molecule has 1 aromatic rings. The molecule has 0 atom stereocenters. The van der Waals surface area contributed by atoms with Crippen LogP contribution in [0, 0.1) is 0 Å². The normalized spacial score (nSPS) is 8.58. The van der Waals surface area contributed by atoms with E-state index in [4.69, 9.17) is 5.84 Å². The summed E-state index contributed by atoms with van der Waals surface area (Å²) in [6.45, 7) is 0.806. The third-order valence-corrected chi connectivity index (χ3v) is 1.27. The first kappa shape index (κ1) is 14.4. The highest BCUT2D eigenvalue weighted by Crippen LogP contribution is 1.98. The summed E-state index contributed by atoms with van der Waals surface area (Å²) in [6.07, 6.45) is 0. The number of hydrazine groups is 1. The minimum Gasteiger partial charge on any atom is -0.269 e. The number of benzene rings is 1. The van der Waals surface area contributed by atoms with Crippen molar-refractivity contribution in [2.45, 2.75) is 6.54 Å². The molecule has 0 radical (unpaired) electrons. The molecule has 0 saturated heterocycles. The molecule has 12 heavy (non-hydrogen) atoms. The highest BCUT2D eigenvalue weighted by molar-refractivity contribution is 8.93. The number of hydrogen-bond acceptors (Lipinski definition) is 2. The molecular weight excluding hydrogens is 239 g/mol. The molecule has 0 aliphatic carbocycles. The molecule has 70 valence electrons. The molecule has 2 nitrogen and oxygen atoms in total. The van der Waals surface area contributed by atoms with Crippen molar-refractivity contribution in [2.75, 3.05) is 7.05 Å². The molecule has 0 unspecified atom stereocenters. The topological polar surface area (TPSA) is 29.3 Å². The summed E-state index contributed by atoms with van der Waals surface area (Å²) in [6, 6.07) is 10.1. The predicted molar refractivity (Wildman–Crippen MR) is 59.7 cm³/mol. The van der Waals surface area contributed by atoms with Crippen molar-refractivity contribution in [1.82, 2.24) is 5.01 Å². The lowest BCUT2D eigenvalue weighted by molar-refractivity contribution is 0.341. The first-order chi connectivity index (χ1) is 4.79. The van der Waals surface area contributed by atoms with Gasteiger partial charge in [-0.1, -0.05) is 30.3 Å². The molecule has 0 spiro atoms. The van der Waals surface area contributed by atoms with Gasteiger partial charge in [0.2, 0.25) is 0 Å². The molecule has 0 fully saturated rings. The molecular formula is C8H14BrClN2. The van der Waals surface area contributed by atoms with Crippen LogP contribution < -0.4 is 5.84 Å². The highest BCUT2D eigenvalue weighted by Gasteiger charge is 1.90. The fourth-order valence-electron chi connectivity index (χ4n) is 0.871. The van der Waals surface area contributed by atoms with E-state index in [1.165, 1.54) is 5.56 Å². The van der Waals surface area contributed by atoms with E-state index in [2.05, 4.69) is 12.1 Å². The van der Waals surface area contributed by atoms with E-state index in [0.29, 0.717) is 0 Å². The van der Waals surface area contributed by atoms with Crippen LogP contribution >= 0.6 is 29.4 Å². The largest absolute Gasteiger partial charge is 0.269 e. The fraction of sp³-hybridized carbons (Fsp3) is 0.250. The quantitative estimate of drug-likeness (QED) is 0.645. The number of halogens is 2. The van der Waals surface area contributed by atoms with E-state index in [0.717, 1.165) is 6.54 Å². The van der Waals surface area contributed by atoms with Gasteiger partial charge in [0.05, 0.1) is 0 Å². The lowest BCUT2D eigenvalue weighted by Crippen LogP contribution is -2.24. The zero-order valence-corrected chi connectivity index (χ0v) is 9.46. The van der Waals surface area contributed by atoms with Gasteiger partial charge in [-0.2, -0.15) is 0 Å². The van der Waals surface area contributed by atoms with Crippen LogP contribution in [-0.2, 0) is 6.54 Å². The highest BCUT2D eigenvalue weighted by atomic mass is 79.9. The Kier molecular flexibility index (Phi) is 9.09. The first-order valence-electron chi connectivity index (χ1n) is 3.29. The molecule has 0 heterocycles. The molecule has 0 aliphatic rings. The van der Waals surface area contributed by atoms with Crippen LogP contribution in [-0.4, -0.2) is 12.1 Å². The molecule has 0 aliphatic heterocycles. The smallest absolute Gasteiger partial charge is 0.0376 e. The monoisotopic (exact) mass is 252 g/mol. The van der Waals surface area contributed by atoms with Crippen LogP contribution in [0.3, 0.4) is 0 Å². The Morgan fingerprint density at radius 1 is 1.25 bits per heavy atom. The van der Waals surface area contributed by atoms with Gasteiger partial charge >= 0.3 is 0 Å². The van der Waals surface area contributed by atoms with Crippen LogP contribution in [0.1, 0.15) is 5.56 Å². The summed E-state index contributed by atoms with van der Waals surface area (Å²) >= 11 is 0. The Morgan fingerprint density at radius 2 is 1.75 bits per heavy atom. The van der Waals surface area contributed by atoms with Crippen molar-refractivity contribution in [3.63, 3.8) is 0 Å². The van der Waals surface area contributed by atoms with Crippen molar-refractivity contribution >= 4 is 29.4 Å². The summed E-state index contributed by atoms with van der Waals surface area (Å²) in [5.41, 5.74) is 1.24. The Labute approximate surface area is 89.9 Å². The number of rotatable bonds is 2. The predicted octanol–water partition coefficient (Wildman–Crippen LogP) is 1.99. The van der Waals surface area contributed by atoms with Gasteiger partial charge < -0.3 is 0 Å². The number of nitrogens with zero attached hydrogens (tertiary/aromatic N) is 1. The van der Waals surface area contributed by atoms with Gasteiger partial charge in [-0.15, -0.1) is 29.4 Å². The summed E-state index contributed by atoms with van der Waals surface area (Å²) in [5.74, 6) is 5.46. The third kappa shape index (κ3) is 5.55. The third-order valence-electron chi connectivity index (χ3n) is 1.27. The Morgan fingerprint density at radius 3 is 2.17 bits per heavy atom. The second-order valence-corrected chi connectivity index (χ2v) is 2.40. The van der Waals surface area contributed by atoms with E-state index >= 15 is 0 Å². The maximum atomic E-state index is 5.46. The van der Waals surface area contributed by atoms with Gasteiger partial charge in [0.25, 0.3) is 0 Å². The molecule has 1 aromatic carbocycles. The van der Waals surface area contributed by atoms with Crippen LogP contribution in [0.25, 0.3) is 0 Å². The minimum atomic E-state index is 0. The molecule has 0 aromatic heterocycles. The van der Waals surface area contributed by atoms with Crippen LogP contribution in [0.15, 0.2) is 30.3 Å². The molecule has 0 bridgehead atoms. The number of nitrogens with two attached hydrogens (primary N) is 1. The Balaban J connectivity index is 0. The molecule has 1 rings (SSSR count). The van der Waals surface area contributed by atoms with Crippen molar-refractivity contribution < 1.29 is 0 Å². The SMILES string of the molecule is Br.CN(N)Cc1ccccc1.Cl. The van der Waals surface area contributed by atoms with Crippen molar-refractivity contribution in [1.29, 1.82) is 0 Å². The van der Waals surface area contributed by atoms with Crippen molar-refractivity contribution in [3.05, 3.63) is 35.9 Å². The molecule has 0 saturated carbocycles. The maximum absolute atomic E-state index is 5.46. The van der Waals surface area contributed by atoms with Crippen molar-refractivity contribution in [2.24, 2.45) is 5.84 Å². The Bertz CT molecular complexity index is 192. The standard InChI is InChI=1S/C8H12N2.BrH.ClH/c1-10(9)7-8-5-3-2-4-6-8;;/h2-6H,7,9H2,1H3;2*1H. The zero-order chi connectivity index (χ0) is 7.40. The lowest BCUT2D eigenvalue weighted by Gasteiger charge is -2.07. The second-order valence-electron chi connectivity index (χ2n) is 2.40. The van der Waals surface area contributed by atoms with E-state index in [9.17, 15) is 0 Å². The van der Waals surface area contributed by atoms with Gasteiger partial charge in [0.15, 0.2) is 0 Å². The Hall–Kier alpha value is -0.0900. The van der Waals surface area contributed by atoms with Gasteiger partial charge in [-0.05, 0) is 5.56 Å². The van der Waals surface area contributed by atoms with E-state index in [-0.39, 0.29) is 29.4 Å². The second kappa shape index (κ2) is 7.55. The van der Waals surface area contributed by atoms with Crippen LogP contribution in [0.4, 0.5) is 0 Å². The van der Waals surface area contributed by atoms with E-state index in [1.54, 1.807) is 5.01 Å². The maximum Gasteiger partial charge on any atom is 0.0376 e. The molecule has 0 amide bonds. The van der Waals surface area contributed by atoms with Crippen LogP contribution in [0.5, 0.6) is 0 Å². The van der Waals surface area contributed by atoms with Gasteiger partial charge in [0, 0.05) is 13.6 Å². The van der Waals surface area contributed by atoms with Gasteiger partial charge in [0.1, 0.15) is 0 Å². The summed E-state index contributed by atoms with van der Waals surface area (Å²) in [4.78, 5) is 0. The lowest BCUT2D eigenvalue weighted by atomic mass is 10.2. The summed E-state index contributed by atoms with van der Waals surface area (Å²) in [7, 11) is 1.85. The van der Waals surface area contributed by atoms with Crippen molar-refractivity contribution in [3.8, 4) is 0 Å². The summed E-state index contributed by atoms with van der Waals surface area (Å²) in [5, 5.41) is 1.66. The summed E-state index contributed by atoms with van der Waals surface area (Å²) < 4.78 is 0. The van der Waals surface area contributed by atoms with E-state index < -0.39 is 0 Å².